The zero-order valence-corrected chi connectivity index (χ0v) is 13.9. The maximum Gasteiger partial charge on any atom is 0.388 e. The Kier molecular flexibility index (Phi) is 11.6. The summed E-state index contributed by atoms with van der Waals surface area (Å²) in [5, 5.41) is 6.32. The summed E-state index contributed by atoms with van der Waals surface area (Å²) < 4.78 is 38.7. The second-order valence-electron chi connectivity index (χ2n) is 4.81. The van der Waals surface area contributed by atoms with Gasteiger partial charge in [-0.25, -0.2) is 4.98 Å². The molecule has 0 aliphatic rings. The minimum Gasteiger partial charge on any atom is -0.417 e. The van der Waals surface area contributed by atoms with Crippen LogP contribution >= 0.6 is 0 Å². The molecule has 0 spiro atoms. The van der Waals surface area contributed by atoms with Crippen LogP contribution in [0.2, 0.25) is 0 Å². The lowest BCUT2D eigenvalue weighted by Crippen LogP contribution is -2.32. The van der Waals surface area contributed by atoms with Crippen molar-refractivity contribution in [3.05, 3.63) is 36.3 Å². The van der Waals surface area contributed by atoms with E-state index in [1.807, 2.05) is 0 Å². The molecule has 136 valence electrons. The Morgan fingerprint density at radius 2 is 2.09 bits per heavy atom. The van der Waals surface area contributed by atoms with Crippen molar-refractivity contribution in [2.45, 2.75) is 52.8 Å². The first kappa shape index (κ1) is 21.1. The van der Waals surface area contributed by atoms with Gasteiger partial charge in [0.05, 0.1) is 12.5 Å². The molecule has 0 aliphatic carbocycles. The summed E-state index contributed by atoms with van der Waals surface area (Å²) in [6.07, 6.45) is 3.59. The average Bonchev–Trinajstić information content (AvgIpc) is 2.46. The van der Waals surface area contributed by atoms with Crippen molar-refractivity contribution in [3.8, 4) is 5.88 Å². The molecule has 1 heterocycles. The molecule has 0 amide bonds. The van der Waals surface area contributed by atoms with Crippen LogP contribution in [0, 0.1) is 0 Å². The first-order valence-electron chi connectivity index (χ1n) is 7.57. The van der Waals surface area contributed by atoms with E-state index < -0.39 is 6.61 Å². The average molecular weight is 337 g/mol. The van der Waals surface area contributed by atoms with Crippen LogP contribution in [0.15, 0.2) is 30.7 Å². The van der Waals surface area contributed by atoms with Crippen LogP contribution in [0.3, 0.4) is 0 Å². The van der Waals surface area contributed by atoms with Crippen LogP contribution in [0.4, 0.5) is 13.2 Å². The minimum absolute atomic E-state index is 0. The number of alkyl halides is 3. The number of rotatable bonds is 9. The van der Waals surface area contributed by atoms with Crippen LogP contribution in [0.25, 0.3) is 0 Å². The smallest absolute Gasteiger partial charge is 0.388 e. The number of hydrogen-bond acceptors (Lipinski definition) is 4. The molecular weight excluding hydrogens is 307 g/mol. The Labute approximate surface area is 139 Å². The second-order valence-corrected chi connectivity index (χ2v) is 4.81. The quantitative estimate of drug-likeness (QED) is 0.697. The number of ether oxygens (including phenoxy) is 1. The molecule has 0 fully saturated rings. The lowest BCUT2D eigenvalue weighted by Gasteiger charge is -2.17. The molecule has 4 nitrogen and oxygen atoms in total. The standard InChI is InChI=1S/C14H21F2N3O.C2H5F.2H2/c1-4-5-10(2)19-11(3)18-9-12-6-7-17-13(8-12)20-14(15)16;1-2-3;;/h6-8,10,14,18-19H,3-5,9H2,1-2H3;2H2,1H3;2*1H/t10-;;;/m1.../s1. The number of aromatic nitrogens is 1. The fourth-order valence-corrected chi connectivity index (χ4v) is 1.78. The summed E-state index contributed by atoms with van der Waals surface area (Å²) in [4.78, 5) is 3.71. The molecule has 0 bridgehead atoms. The lowest BCUT2D eigenvalue weighted by molar-refractivity contribution is -0.0528. The number of nitrogens with one attached hydrogen (secondary N) is 2. The predicted octanol–water partition coefficient (Wildman–Crippen LogP) is 4.49. The third kappa shape index (κ3) is 11.3. The van der Waals surface area contributed by atoms with Crippen molar-refractivity contribution >= 4 is 0 Å². The molecule has 0 saturated carbocycles. The number of pyridine rings is 1. The topological polar surface area (TPSA) is 46.2 Å². The van der Waals surface area contributed by atoms with Crippen molar-refractivity contribution < 1.29 is 20.8 Å². The van der Waals surface area contributed by atoms with Gasteiger partial charge in [0, 0.05) is 27.7 Å². The van der Waals surface area contributed by atoms with Crippen molar-refractivity contribution in [3.63, 3.8) is 0 Å². The van der Waals surface area contributed by atoms with E-state index in [-0.39, 0.29) is 15.4 Å². The molecule has 0 saturated heterocycles. The Bertz CT molecular complexity index is 454. The third-order valence-electron chi connectivity index (χ3n) is 2.66. The normalized spacial score (nSPS) is 11.3. The van der Waals surface area contributed by atoms with E-state index in [9.17, 15) is 13.2 Å². The Morgan fingerprint density at radius 1 is 1.43 bits per heavy atom. The summed E-state index contributed by atoms with van der Waals surface area (Å²) in [5.74, 6) is 0.622. The molecule has 0 aliphatic heterocycles. The highest BCUT2D eigenvalue weighted by atomic mass is 19.3. The fraction of sp³-hybridized carbons (Fsp3) is 0.562. The highest BCUT2D eigenvalue weighted by Gasteiger charge is 2.06. The highest BCUT2D eigenvalue weighted by molar-refractivity contribution is 5.20. The molecule has 0 aromatic carbocycles. The minimum atomic E-state index is -2.86. The van der Waals surface area contributed by atoms with Crippen molar-refractivity contribution in [2.75, 3.05) is 6.67 Å². The Hall–Kier alpha value is -1.92. The van der Waals surface area contributed by atoms with E-state index in [0.29, 0.717) is 18.4 Å². The molecule has 0 radical (unpaired) electrons. The van der Waals surface area contributed by atoms with Gasteiger partial charge in [-0.15, -0.1) is 0 Å². The van der Waals surface area contributed by atoms with Crippen molar-refractivity contribution in [1.29, 1.82) is 0 Å². The van der Waals surface area contributed by atoms with Gasteiger partial charge in [-0.1, -0.05) is 19.9 Å². The number of hydrogen-bond donors (Lipinski definition) is 2. The van der Waals surface area contributed by atoms with Gasteiger partial charge in [0.2, 0.25) is 5.88 Å². The number of nitrogens with zero attached hydrogens (tertiary/aromatic N) is 1. The zero-order valence-electron chi connectivity index (χ0n) is 13.9. The van der Waals surface area contributed by atoms with E-state index in [2.05, 4.69) is 40.8 Å². The zero-order chi connectivity index (χ0) is 17.7. The van der Waals surface area contributed by atoms with Gasteiger partial charge >= 0.3 is 6.61 Å². The van der Waals surface area contributed by atoms with Gasteiger partial charge in [0.1, 0.15) is 0 Å². The molecular formula is C16H30F3N3O. The van der Waals surface area contributed by atoms with Crippen molar-refractivity contribution in [1.82, 2.24) is 15.6 Å². The molecule has 23 heavy (non-hydrogen) atoms. The molecule has 2 N–H and O–H groups in total. The first-order chi connectivity index (χ1) is 10.9. The number of halogens is 3. The summed E-state index contributed by atoms with van der Waals surface area (Å²) in [6.45, 7) is 6.89. The van der Waals surface area contributed by atoms with Gasteiger partial charge in [0.15, 0.2) is 0 Å². The third-order valence-corrected chi connectivity index (χ3v) is 2.66. The van der Waals surface area contributed by atoms with E-state index in [1.54, 1.807) is 6.07 Å². The summed E-state index contributed by atoms with van der Waals surface area (Å²) in [6, 6.07) is 3.55. The van der Waals surface area contributed by atoms with E-state index in [1.165, 1.54) is 19.2 Å². The molecule has 1 aromatic rings. The summed E-state index contributed by atoms with van der Waals surface area (Å²) >= 11 is 0. The van der Waals surface area contributed by atoms with Crippen molar-refractivity contribution in [2.24, 2.45) is 0 Å². The van der Waals surface area contributed by atoms with Gasteiger partial charge in [-0.2, -0.15) is 8.78 Å². The monoisotopic (exact) mass is 337 g/mol. The lowest BCUT2D eigenvalue weighted by atomic mass is 10.2. The highest BCUT2D eigenvalue weighted by Crippen LogP contribution is 2.12. The summed E-state index contributed by atoms with van der Waals surface area (Å²) in [5.41, 5.74) is 0.793. The molecule has 0 unspecified atom stereocenters. The Balaban J connectivity index is -0.000000900. The second kappa shape index (κ2) is 12.6. The predicted molar refractivity (Wildman–Crippen MR) is 90.2 cm³/mol. The van der Waals surface area contributed by atoms with Gasteiger partial charge in [-0.3, -0.25) is 4.39 Å². The van der Waals surface area contributed by atoms with Gasteiger partial charge < -0.3 is 15.4 Å². The first-order valence-corrected chi connectivity index (χ1v) is 7.57. The maximum atomic E-state index is 12.1. The maximum absolute atomic E-state index is 12.1. The van der Waals surface area contributed by atoms with Crippen LogP contribution in [0.1, 0.15) is 42.0 Å². The van der Waals surface area contributed by atoms with E-state index in [4.69, 9.17) is 0 Å². The van der Waals surface area contributed by atoms with E-state index >= 15 is 0 Å². The van der Waals surface area contributed by atoms with Crippen LogP contribution < -0.4 is 15.4 Å². The SMILES string of the molecule is C=C(NCc1ccnc(OC(F)F)c1)N[C@H](C)CCC.CCF.[HH].[HH]. The summed E-state index contributed by atoms with van der Waals surface area (Å²) in [7, 11) is 0. The van der Waals surface area contributed by atoms with Gasteiger partial charge in [-0.05, 0) is 31.9 Å². The fourth-order valence-electron chi connectivity index (χ4n) is 1.78. The molecule has 1 rings (SSSR count). The van der Waals surface area contributed by atoms with Gasteiger partial charge in [0.25, 0.3) is 0 Å². The van der Waals surface area contributed by atoms with Crippen LogP contribution in [-0.4, -0.2) is 24.3 Å². The largest absolute Gasteiger partial charge is 0.417 e. The molecule has 7 heteroatoms. The molecule has 1 aromatic heterocycles. The Morgan fingerprint density at radius 3 is 2.65 bits per heavy atom. The molecule has 1 atom stereocenters. The van der Waals surface area contributed by atoms with E-state index in [0.717, 1.165) is 18.4 Å². The van der Waals surface area contributed by atoms with Crippen LogP contribution in [-0.2, 0) is 6.54 Å². The van der Waals surface area contributed by atoms with Crippen LogP contribution in [0.5, 0.6) is 5.88 Å².